The number of pyridine rings is 1. The first-order valence-electron chi connectivity index (χ1n) is 13.0. The first kappa shape index (κ1) is 29.4. The third-order valence-electron chi connectivity index (χ3n) is 6.39. The molecule has 1 aromatic heterocycles. The molecule has 0 bridgehead atoms. The molecule has 0 fully saturated rings. The van der Waals surface area contributed by atoms with Crippen molar-refractivity contribution >= 4 is 29.2 Å². The van der Waals surface area contributed by atoms with Gasteiger partial charge >= 0.3 is 0 Å². The quantitative estimate of drug-likeness (QED) is 0.0920. The molecule has 9 nitrogen and oxygen atoms in total. The number of rotatable bonds is 13. The van der Waals surface area contributed by atoms with Crippen molar-refractivity contribution in [1.29, 1.82) is 0 Å². The van der Waals surface area contributed by atoms with E-state index in [1.54, 1.807) is 33.2 Å². The van der Waals surface area contributed by atoms with Gasteiger partial charge in [-0.2, -0.15) is 0 Å². The molecule has 41 heavy (non-hydrogen) atoms. The Kier molecular flexibility index (Phi) is 9.81. The standard InChI is InChI=1S/C31H33N5O4S/c1-31(2,36-38)24-8-5-7-21(15-24)22-11-12-28(40-4)29(17-22)41-35-26-10-6-9-25(18-26)33-13-14-34-30(37)23-16-27(39-3)20-32-19-23/h5-12,15-20,33,35H,13-14H2,1-4H3,(H,34,37). The van der Waals surface area contributed by atoms with Crippen LogP contribution in [0.3, 0.4) is 0 Å². The van der Waals surface area contributed by atoms with Gasteiger partial charge in [-0.3, -0.25) is 9.78 Å². The van der Waals surface area contributed by atoms with Gasteiger partial charge in [0.2, 0.25) is 0 Å². The average Bonchev–Trinajstić information content (AvgIpc) is 3.02. The number of anilines is 2. The molecule has 4 aromatic rings. The second kappa shape index (κ2) is 13.7. The molecule has 0 saturated heterocycles. The van der Waals surface area contributed by atoms with Crippen molar-refractivity contribution in [2.75, 3.05) is 37.3 Å². The van der Waals surface area contributed by atoms with Crippen LogP contribution in [0.15, 0.2) is 95.3 Å². The van der Waals surface area contributed by atoms with Crippen LogP contribution < -0.4 is 24.8 Å². The summed E-state index contributed by atoms with van der Waals surface area (Å²) in [6.45, 7) is 4.59. The fraction of sp³-hybridized carbons (Fsp3) is 0.226. The number of ether oxygens (including phenoxy) is 2. The van der Waals surface area contributed by atoms with Gasteiger partial charge in [-0.1, -0.05) is 35.5 Å². The molecule has 0 saturated carbocycles. The highest BCUT2D eigenvalue weighted by Crippen LogP contribution is 2.36. The minimum Gasteiger partial charge on any atom is -0.496 e. The number of nitrogens with one attached hydrogen (secondary N) is 3. The Morgan fingerprint density at radius 3 is 2.46 bits per heavy atom. The summed E-state index contributed by atoms with van der Waals surface area (Å²) in [4.78, 5) is 28.6. The number of hydrogen-bond donors (Lipinski definition) is 3. The van der Waals surface area contributed by atoms with Gasteiger partial charge in [-0.05, 0) is 85.0 Å². The van der Waals surface area contributed by atoms with Gasteiger partial charge in [0.25, 0.3) is 5.91 Å². The van der Waals surface area contributed by atoms with E-state index in [1.165, 1.54) is 25.3 Å². The third-order valence-corrected chi connectivity index (χ3v) is 7.26. The summed E-state index contributed by atoms with van der Waals surface area (Å²) < 4.78 is 14.1. The maximum Gasteiger partial charge on any atom is 0.253 e. The van der Waals surface area contributed by atoms with Crippen LogP contribution >= 0.6 is 11.9 Å². The highest BCUT2D eigenvalue weighted by atomic mass is 32.2. The number of nitroso groups, excluding NO2 is 1. The lowest BCUT2D eigenvalue weighted by molar-refractivity contribution is 0.0954. The Morgan fingerprint density at radius 1 is 0.902 bits per heavy atom. The zero-order valence-corrected chi connectivity index (χ0v) is 24.2. The number of nitrogens with zero attached hydrogens (tertiary/aromatic N) is 2. The lowest BCUT2D eigenvalue weighted by Gasteiger charge is -2.17. The van der Waals surface area contributed by atoms with Crippen LogP contribution in [-0.2, 0) is 5.54 Å². The minimum absolute atomic E-state index is 0.211. The number of benzene rings is 3. The SMILES string of the molecule is COc1cncc(C(=O)NCCNc2cccc(NSc3cc(-c4cccc(C(C)(C)N=O)c4)ccc3OC)c2)c1. The van der Waals surface area contributed by atoms with Crippen LogP contribution in [0.4, 0.5) is 11.4 Å². The lowest BCUT2D eigenvalue weighted by atomic mass is 9.92. The molecule has 4 rings (SSSR count). The molecule has 3 N–H and O–H groups in total. The summed E-state index contributed by atoms with van der Waals surface area (Å²) in [5, 5.41) is 9.48. The van der Waals surface area contributed by atoms with Crippen molar-refractivity contribution in [3.05, 3.63) is 101 Å². The van der Waals surface area contributed by atoms with Crippen molar-refractivity contribution in [3.63, 3.8) is 0 Å². The average molecular weight is 572 g/mol. The van der Waals surface area contributed by atoms with Crippen molar-refractivity contribution in [1.82, 2.24) is 10.3 Å². The lowest BCUT2D eigenvalue weighted by Crippen LogP contribution is -2.28. The molecular weight excluding hydrogens is 538 g/mol. The molecule has 0 aliphatic heterocycles. The van der Waals surface area contributed by atoms with Crippen LogP contribution in [0.1, 0.15) is 29.8 Å². The predicted octanol–water partition coefficient (Wildman–Crippen LogP) is 6.73. The summed E-state index contributed by atoms with van der Waals surface area (Å²) in [6, 6.07) is 23.4. The monoisotopic (exact) mass is 571 g/mol. The second-order valence-corrected chi connectivity index (χ2v) is 10.5. The smallest absolute Gasteiger partial charge is 0.253 e. The zero-order valence-electron chi connectivity index (χ0n) is 23.4. The molecule has 0 aliphatic rings. The van der Waals surface area contributed by atoms with Gasteiger partial charge in [0, 0.05) is 30.7 Å². The van der Waals surface area contributed by atoms with Crippen LogP contribution in [0.5, 0.6) is 11.5 Å². The first-order chi connectivity index (χ1) is 19.8. The zero-order chi connectivity index (χ0) is 29.2. The summed E-state index contributed by atoms with van der Waals surface area (Å²) in [5.74, 6) is 1.07. The van der Waals surface area contributed by atoms with Crippen molar-refractivity contribution < 1.29 is 14.3 Å². The Balaban J connectivity index is 1.36. The normalized spacial score (nSPS) is 10.9. The van der Waals surface area contributed by atoms with E-state index in [4.69, 9.17) is 9.47 Å². The number of hydrogen-bond acceptors (Lipinski definition) is 9. The van der Waals surface area contributed by atoms with E-state index in [0.29, 0.717) is 24.4 Å². The molecular formula is C31H33N5O4S. The van der Waals surface area contributed by atoms with Gasteiger partial charge in [-0.25, -0.2) is 0 Å². The summed E-state index contributed by atoms with van der Waals surface area (Å²) >= 11 is 1.44. The van der Waals surface area contributed by atoms with Crippen LogP contribution in [0.25, 0.3) is 11.1 Å². The third kappa shape index (κ3) is 7.76. The molecule has 0 aliphatic carbocycles. The fourth-order valence-corrected chi connectivity index (χ4v) is 4.81. The Labute approximate surface area is 244 Å². The number of amides is 1. The first-order valence-corrected chi connectivity index (χ1v) is 13.8. The highest BCUT2D eigenvalue weighted by molar-refractivity contribution is 8.00. The molecule has 0 spiro atoms. The molecule has 1 heterocycles. The Bertz CT molecular complexity index is 1510. The van der Waals surface area contributed by atoms with Gasteiger partial charge in [-0.15, -0.1) is 4.91 Å². The summed E-state index contributed by atoms with van der Waals surface area (Å²) in [5.41, 5.74) is 4.30. The minimum atomic E-state index is -0.806. The van der Waals surface area contributed by atoms with Crippen LogP contribution in [0.2, 0.25) is 0 Å². The van der Waals surface area contributed by atoms with Crippen LogP contribution in [-0.4, -0.2) is 38.2 Å². The van der Waals surface area contributed by atoms with Crippen LogP contribution in [0, 0.1) is 4.91 Å². The van der Waals surface area contributed by atoms with E-state index >= 15 is 0 Å². The fourth-order valence-electron chi connectivity index (χ4n) is 4.01. The highest BCUT2D eigenvalue weighted by Gasteiger charge is 2.21. The van der Waals surface area contributed by atoms with E-state index in [-0.39, 0.29) is 5.91 Å². The Morgan fingerprint density at radius 2 is 1.68 bits per heavy atom. The summed E-state index contributed by atoms with van der Waals surface area (Å²) in [7, 11) is 3.18. The number of carbonyl (C=O) groups is 1. The van der Waals surface area contributed by atoms with E-state index in [0.717, 1.165) is 38.7 Å². The molecule has 0 unspecified atom stereocenters. The van der Waals surface area contributed by atoms with Crippen molar-refractivity contribution in [3.8, 4) is 22.6 Å². The van der Waals surface area contributed by atoms with Gasteiger partial charge < -0.3 is 24.8 Å². The van der Waals surface area contributed by atoms with Crippen molar-refractivity contribution in [2.45, 2.75) is 24.3 Å². The molecule has 0 atom stereocenters. The molecule has 212 valence electrons. The molecule has 1 amide bonds. The predicted molar refractivity (Wildman–Crippen MR) is 165 cm³/mol. The van der Waals surface area contributed by atoms with E-state index in [9.17, 15) is 9.70 Å². The molecule has 0 radical (unpaired) electrons. The summed E-state index contributed by atoms with van der Waals surface area (Å²) in [6.07, 6.45) is 3.06. The van der Waals surface area contributed by atoms with E-state index in [2.05, 4.69) is 31.6 Å². The molecule has 10 heteroatoms. The van der Waals surface area contributed by atoms with E-state index in [1.807, 2.05) is 60.7 Å². The van der Waals surface area contributed by atoms with Gasteiger partial charge in [0.1, 0.15) is 17.0 Å². The number of aromatic nitrogens is 1. The largest absolute Gasteiger partial charge is 0.496 e. The van der Waals surface area contributed by atoms with Gasteiger partial charge in [0.15, 0.2) is 0 Å². The second-order valence-electron chi connectivity index (χ2n) is 9.68. The van der Waals surface area contributed by atoms with Crippen molar-refractivity contribution in [2.24, 2.45) is 5.18 Å². The maximum atomic E-state index is 12.4. The maximum absolute atomic E-state index is 12.4. The van der Waals surface area contributed by atoms with E-state index < -0.39 is 5.54 Å². The Hall–Kier alpha value is -4.57. The topological polar surface area (TPSA) is 114 Å². The van der Waals surface area contributed by atoms with Gasteiger partial charge in [0.05, 0.1) is 30.9 Å². The number of carbonyl (C=O) groups excluding carboxylic acids is 1. The molecule has 3 aromatic carbocycles. The number of methoxy groups -OCH3 is 2.